The molecular formula is C17H16Cl2O2. The summed E-state index contributed by atoms with van der Waals surface area (Å²) in [6.45, 7) is 4.09. The van der Waals surface area contributed by atoms with Gasteiger partial charge in [0.05, 0.1) is 17.2 Å². The lowest BCUT2D eigenvalue weighted by Gasteiger charge is -2.12. The summed E-state index contributed by atoms with van der Waals surface area (Å²) < 4.78 is 10.8. The highest BCUT2D eigenvalue weighted by atomic mass is 35.5. The lowest BCUT2D eigenvalue weighted by molar-refractivity contribution is 0.306. The molecule has 0 amide bonds. The number of ether oxygens (including phenoxy) is 2. The van der Waals surface area contributed by atoms with Crippen LogP contribution in [0.3, 0.4) is 0 Å². The fourth-order valence-corrected chi connectivity index (χ4v) is 2.55. The molecule has 0 aliphatic rings. The van der Waals surface area contributed by atoms with Gasteiger partial charge in [-0.05, 0) is 41.8 Å². The zero-order valence-electron chi connectivity index (χ0n) is 11.7. The maximum atomic E-state index is 6.22. The van der Waals surface area contributed by atoms with Crippen LogP contribution >= 0.6 is 23.2 Å². The van der Waals surface area contributed by atoms with Crippen LogP contribution in [0.2, 0.25) is 10.0 Å². The third-order valence-electron chi connectivity index (χ3n) is 2.98. The summed E-state index contributed by atoms with van der Waals surface area (Å²) in [6, 6.07) is 11.3. The third-order valence-corrected chi connectivity index (χ3v) is 3.54. The molecule has 0 unspecified atom stereocenters. The van der Waals surface area contributed by atoms with Crippen molar-refractivity contribution in [3.8, 4) is 11.5 Å². The number of rotatable bonds is 6. The molecule has 2 rings (SSSR count). The van der Waals surface area contributed by atoms with E-state index in [1.165, 1.54) is 0 Å². The van der Waals surface area contributed by atoms with Crippen LogP contribution in [0.25, 0.3) is 0 Å². The molecule has 0 aliphatic carbocycles. The topological polar surface area (TPSA) is 18.5 Å². The molecule has 0 saturated carbocycles. The standard InChI is InChI=1S/C17H16Cl2O2/c1-3-4-13-9-15(18)17(16(19)10-13)21-11-12-5-7-14(20-2)8-6-12/h3,5-10H,1,4,11H2,2H3. The molecule has 0 heterocycles. The van der Waals surface area contributed by atoms with Crippen molar-refractivity contribution in [3.63, 3.8) is 0 Å². The molecule has 0 aromatic heterocycles. The van der Waals surface area contributed by atoms with Gasteiger partial charge in [-0.2, -0.15) is 0 Å². The minimum absolute atomic E-state index is 0.393. The second-order valence-electron chi connectivity index (χ2n) is 4.52. The van der Waals surface area contributed by atoms with Crippen LogP contribution in [0, 0.1) is 0 Å². The second kappa shape index (κ2) is 7.39. The Bertz CT molecular complexity index is 598. The highest BCUT2D eigenvalue weighted by Gasteiger charge is 2.09. The van der Waals surface area contributed by atoms with Crippen LogP contribution in [-0.2, 0) is 13.0 Å². The lowest BCUT2D eigenvalue weighted by atomic mass is 10.1. The zero-order chi connectivity index (χ0) is 15.2. The van der Waals surface area contributed by atoms with E-state index in [4.69, 9.17) is 32.7 Å². The molecule has 0 atom stereocenters. The van der Waals surface area contributed by atoms with Gasteiger partial charge in [0.2, 0.25) is 0 Å². The highest BCUT2D eigenvalue weighted by molar-refractivity contribution is 6.37. The van der Waals surface area contributed by atoms with Gasteiger partial charge >= 0.3 is 0 Å². The van der Waals surface area contributed by atoms with Gasteiger partial charge in [-0.3, -0.25) is 0 Å². The Morgan fingerprint density at radius 3 is 2.19 bits per heavy atom. The summed E-state index contributed by atoms with van der Waals surface area (Å²) in [7, 11) is 1.63. The monoisotopic (exact) mass is 322 g/mol. The quantitative estimate of drug-likeness (QED) is 0.671. The highest BCUT2D eigenvalue weighted by Crippen LogP contribution is 2.35. The first-order chi connectivity index (χ1) is 10.1. The van der Waals surface area contributed by atoms with Crippen molar-refractivity contribution in [1.82, 2.24) is 0 Å². The number of halogens is 2. The summed E-state index contributed by atoms with van der Waals surface area (Å²) in [5, 5.41) is 1.01. The number of hydrogen-bond donors (Lipinski definition) is 0. The SMILES string of the molecule is C=CCc1cc(Cl)c(OCc2ccc(OC)cc2)c(Cl)c1. The molecule has 0 bridgehead atoms. The molecule has 4 heteroatoms. The van der Waals surface area contributed by atoms with Crippen LogP contribution < -0.4 is 9.47 Å². The zero-order valence-corrected chi connectivity index (χ0v) is 13.2. The Labute approximate surface area is 134 Å². The van der Waals surface area contributed by atoms with Crippen molar-refractivity contribution in [2.45, 2.75) is 13.0 Å². The van der Waals surface area contributed by atoms with E-state index in [1.807, 2.05) is 36.4 Å². The van der Waals surface area contributed by atoms with E-state index in [9.17, 15) is 0 Å². The molecule has 21 heavy (non-hydrogen) atoms. The number of hydrogen-bond acceptors (Lipinski definition) is 2. The van der Waals surface area contributed by atoms with Gasteiger partial charge in [-0.15, -0.1) is 6.58 Å². The van der Waals surface area contributed by atoms with Gasteiger partial charge in [0.25, 0.3) is 0 Å². The number of methoxy groups -OCH3 is 1. The first-order valence-electron chi connectivity index (χ1n) is 6.48. The first kappa shape index (κ1) is 15.7. The van der Waals surface area contributed by atoms with Crippen molar-refractivity contribution in [3.05, 3.63) is 70.2 Å². The molecule has 110 valence electrons. The lowest BCUT2D eigenvalue weighted by Crippen LogP contribution is -1.97. The Hall–Kier alpha value is -1.64. The van der Waals surface area contributed by atoms with E-state index in [1.54, 1.807) is 13.2 Å². The average Bonchev–Trinajstić information content (AvgIpc) is 2.47. The molecule has 0 spiro atoms. The predicted molar refractivity (Wildman–Crippen MR) is 87.7 cm³/mol. The molecule has 0 aliphatic heterocycles. The number of allylic oxidation sites excluding steroid dienone is 1. The van der Waals surface area contributed by atoms with Crippen molar-refractivity contribution in [2.75, 3.05) is 7.11 Å². The third kappa shape index (κ3) is 4.16. The van der Waals surface area contributed by atoms with Crippen LogP contribution in [0.15, 0.2) is 49.1 Å². The minimum atomic E-state index is 0.393. The largest absolute Gasteiger partial charge is 0.497 e. The van der Waals surface area contributed by atoms with Crippen LogP contribution in [0.4, 0.5) is 0 Å². The Balaban J connectivity index is 2.10. The molecule has 2 aromatic rings. The van der Waals surface area contributed by atoms with E-state index in [0.29, 0.717) is 22.4 Å². The molecule has 2 aromatic carbocycles. The average molecular weight is 323 g/mol. The summed E-state index contributed by atoms with van der Waals surface area (Å²) in [5.74, 6) is 1.31. The Kier molecular flexibility index (Phi) is 5.54. The minimum Gasteiger partial charge on any atom is -0.497 e. The van der Waals surface area contributed by atoms with Gasteiger partial charge in [-0.1, -0.05) is 41.4 Å². The van der Waals surface area contributed by atoms with Crippen molar-refractivity contribution >= 4 is 23.2 Å². The Morgan fingerprint density at radius 2 is 1.67 bits per heavy atom. The van der Waals surface area contributed by atoms with Gasteiger partial charge in [0, 0.05) is 0 Å². The number of benzene rings is 2. The van der Waals surface area contributed by atoms with E-state index >= 15 is 0 Å². The van der Waals surface area contributed by atoms with Crippen LogP contribution in [0.5, 0.6) is 11.5 Å². The first-order valence-corrected chi connectivity index (χ1v) is 7.24. The molecule has 2 nitrogen and oxygen atoms in total. The van der Waals surface area contributed by atoms with Gasteiger partial charge < -0.3 is 9.47 Å². The van der Waals surface area contributed by atoms with Crippen molar-refractivity contribution < 1.29 is 9.47 Å². The van der Waals surface area contributed by atoms with E-state index in [0.717, 1.165) is 23.3 Å². The fraction of sp³-hybridized carbons (Fsp3) is 0.176. The van der Waals surface area contributed by atoms with Gasteiger partial charge in [0.15, 0.2) is 5.75 Å². The normalized spacial score (nSPS) is 10.2. The molecule has 0 N–H and O–H groups in total. The van der Waals surface area contributed by atoms with Gasteiger partial charge in [-0.25, -0.2) is 0 Å². The fourth-order valence-electron chi connectivity index (χ4n) is 1.91. The Morgan fingerprint density at radius 1 is 1.05 bits per heavy atom. The summed E-state index contributed by atoms with van der Waals surface area (Å²) >= 11 is 12.4. The summed E-state index contributed by atoms with van der Waals surface area (Å²) in [4.78, 5) is 0. The molecule has 0 fully saturated rings. The summed E-state index contributed by atoms with van der Waals surface area (Å²) in [6.07, 6.45) is 2.53. The van der Waals surface area contributed by atoms with E-state index in [2.05, 4.69) is 6.58 Å². The maximum Gasteiger partial charge on any atom is 0.156 e. The molecule has 0 saturated heterocycles. The molecular weight excluding hydrogens is 307 g/mol. The van der Waals surface area contributed by atoms with Crippen LogP contribution in [0.1, 0.15) is 11.1 Å². The second-order valence-corrected chi connectivity index (χ2v) is 5.33. The van der Waals surface area contributed by atoms with Crippen LogP contribution in [-0.4, -0.2) is 7.11 Å². The predicted octanol–water partition coefficient (Wildman–Crippen LogP) is 5.31. The van der Waals surface area contributed by atoms with Crippen molar-refractivity contribution in [2.24, 2.45) is 0 Å². The van der Waals surface area contributed by atoms with Gasteiger partial charge in [0.1, 0.15) is 12.4 Å². The van der Waals surface area contributed by atoms with Crippen molar-refractivity contribution in [1.29, 1.82) is 0 Å². The van der Waals surface area contributed by atoms with E-state index < -0.39 is 0 Å². The molecule has 0 radical (unpaired) electrons. The summed E-state index contributed by atoms with van der Waals surface area (Å²) in [5.41, 5.74) is 2.02. The smallest absolute Gasteiger partial charge is 0.156 e. The van der Waals surface area contributed by atoms with E-state index in [-0.39, 0.29) is 0 Å². The maximum absolute atomic E-state index is 6.22.